The standard InChI is InChI=1S/C22H19ClN2S/c1-15(2)14-26-22-20(13-24)19(16-8-10-18(23)11-9-16)12-21(25-22)17-6-4-3-5-7-17/h3-12,15H,14H2,1-2H3. The molecule has 0 atom stereocenters. The monoisotopic (exact) mass is 378 g/mol. The van der Waals surface area contributed by atoms with Gasteiger partial charge in [-0.1, -0.05) is 67.9 Å². The maximum Gasteiger partial charge on any atom is 0.115 e. The Labute approximate surface area is 163 Å². The first-order valence-corrected chi connectivity index (χ1v) is 9.84. The minimum Gasteiger partial charge on any atom is -0.240 e. The van der Waals surface area contributed by atoms with Crippen LogP contribution in [0.15, 0.2) is 65.7 Å². The SMILES string of the molecule is CC(C)CSc1nc(-c2ccccc2)cc(-c2ccc(Cl)cc2)c1C#N. The zero-order chi connectivity index (χ0) is 18.5. The molecule has 0 N–H and O–H groups in total. The van der Waals surface area contributed by atoms with Crippen molar-refractivity contribution in [1.29, 1.82) is 5.26 Å². The van der Waals surface area contributed by atoms with Gasteiger partial charge in [0.2, 0.25) is 0 Å². The molecule has 3 aromatic rings. The largest absolute Gasteiger partial charge is 0.240 e. The lowest BCUT2D eigenvalue weighted by Gasteiger charge is -2.13. The molecule has 0 aliphatic rings. The summed E-state index contributed by atoms with van der Waals surface area (Å²) < 4.78 is 0. The molecule has 130 valence electrons. The summed E-state index contributed by atoms with van der Waals surface area (Å²) in [4.78, 5) is 4.80. The van der Waals surface area contributed by atoms with Crippen LogP contribution in [0.5, 0.6) is 0 Å². The summed E-state index contributed by atoms with van der Waals surface area (Å²) in [7, 11) is 0. The Hall–Kier alpha value is -2.28. The van der Waals surface area contributed by atoms with Crippen LogP contribution in [0.3, 0.4) is 0 Å². The predicted octanol–water partition coefficient (Wildman–Crippen LogP) is 6.69. The first-order chi connectivity index (χ1) is 12.6. The predicted molar refractivity (Wildman–Crippen MR) is 110 cm³/mol. The summed E-state index contributed by atoms with van der Waals surface area (Å²) in [5, 5.41) is 11.3. The second-order valence-electron chi connectivity index (χ2n) is 6.42. The highest BCUT2D eigenvalue weighted by molar-refractivity contribution is 7.99. The van der Waals surface area contributed by atoms with Gasteiger partial charge in [-0.3, -0.25) is 0 Å². The van der Waals surface area contributed by atoms with Gasteiger partial charge in [0.15, 0.2) is 0 Å². The van der Waals surface area contributed by atoms with Crippen molar-refractivity contribution in [2.45, 2.75) is 18.9 Å². The average molecular weight is 379 g/mol. The van der Waals surface area contributed by atoms with Gasteiger partial charge in [-0.2, -0.15) is 5.26 Å². The fraction of sp³-hybridized carbons (Fsp3) is 0.182. The van der Waals surface area contributed by atoms with E-state index in [1.165, 1.54) is 0 Å². The molecule has 0 saturated carbocycles. The van der Waals surface area contributed by atoms with E-state index in [0.717, 1.165) is 33.2 Å². The van der Waals surface area contributed by atoms with Crippen LogP contribution >= 0.6 is 23.4 Å². The molecule has 0 fully saturated rings. The number of hydrogen-bond acceptors (Lipinski definition) is 3. The van der Waals surface area contributed by atoms with E-state index in [4.69, 9.17) is 16.6 Å². The first kappa shape index (κ1) is 18.5. The molecule has 3 rings (SSSR count). The molecule has 0 saturated heterocycles. The number of aromatic nitrogens is 1. The molecule has 0 amide bonds. The molecule has 0 radical (unpaired) electrons. The summed E-state index contributed by atoms with van der Waals surface area (Å²) in [6.45, 7) is 4.33. The van der Waals surface area contributed by atoms with E-state index >= 15 is 0 Å². The lowest BCUT2D eigenvalue weighted by Crippen LogP contribution is -1.98. The molecule has 0 spiro atoms. The first-order valence-electron chi connectivity index (χ1n) is 8.47. The molecule has 0 bridgehead atoms. The number of nitriles is 1. The van der Waals surface area contributed by atoms with Crippen LogP contribution < -0.4 is 0 Å². The number of rotatable bonds is 5. The molecule has 0 aliphatic carbocycles. The molecule has 2 aromatic carbocycles. The van der Waals surface area contributed by atoms with Crippen molar-refractivity contribution < 1.29 is 0 Å². The van der Waals surface area contributed by atoms with Gasteiger partial charge in [0.1, 0.15) is 11.1 Å². The van der Waals surface area contributed by atoms with E-state index in [-0.39, 0.29) is 0 Å². The van der Waals surface area contributed by atoms with E-state index in [1.54, 1.807) is 11.8 Å². The Morgan fingerprint density at radius 3 is 2.35 bits per heavy atom. The van der Waals surface area contributed by atoms with Crippen LogP contribution in [0.1, 0.15) is 19.4 Å². The Balaban J connectivity index is 2.18. The van der Waals surface area contributed by atoms with Gasteiger partial charge in [0.25, 0.3) is 0 Å². The van der Waals surface area contributed by atoms with Crippen LogP contribution in [0.25, 0.3) is 22.4 Å². The van der Waals surface area contributed by atoms with Crippen LogP contribution in [0, 0.1) is 17.2 Å². The van der Waals surface area contributed by atoms with Gasteiger partial charge in [-0.25, -0.2) is 4.98 Å². The maximum absolute atomic E-state index is 9.81. The van der Waals surface area contributed by atoms with Crippen LogP contribution in [0.2, 0.25) is 5.02 Å². The van der Waals surface area contributed by atoms with E-state index in [2.05, 4.69) is 19.9 Å². The molecule has 0 aliphatic heterocycles. The zero-order valence-corrected chi connectivity index (χ0v) is 16.3. The Bertz CT molecular complexity index is 929. The summed E-state index contributed by atoms with van der Waals surface area (Å²) in [6.07, 6.45) is 0. The van der Waals surface area contributed by atoms with Crippen molar-refractivity contribution in [3.8, 4) is 28.5 Å². The third-order valence-corrected chi connectivity index (χ3v) is 5.53. The highest BCUT2D eigenvalue weighted by Crippen LogP contribution is 2.35. The number of hydrogen-bond donors (Lipinski definition) is 0. The number of pyridine rings is 1. The maximum atomic E-state index is 9.81. The van der Waals surface area contributed by atoms with Gasteiger partial charge in [-0.05, 0) is 29.7 Å². The molecule has 1 aromatic heterocycles. The Kier molecular flexibility index (Phi) is 5.98. The van der Waals surface area contributed by atoms with Crippen molar-refractivity contribution in [2.24, 2.45) is 5.92 Å². The van der Waals surface area contributed by atoms with Gasteiger partial charge in [0, 0.05) is 21.9 Å². The van der Waals surface area contributed by atoms with Crippen molar-refractivity contribution in [1.82, 2.24) is 4.98 Å². The molecular formula is C22H19ClN2S. The van der Waals surface area contributed by atoms with Crippen LogP contribution in [0.4, 0.5) is 0 Å². The highest BCUT2D eigenvalue weighted by Gasteiger charge is 2.16. The molecule has 2 nitrogen and oxygen atoms in total. The molecule has 0 unspecified atom stereocenters. The summed E-state index contributed by atoms with van der Waals surface area (Å²) in [5.41, 5.74) is 4.40. The molecule has 26 heavy (non-hydrogen) atoms. The minimum absolute atomic E-state index is 0.521. The fourth-order valence-corrected chi connectivity index (χ4v) is 3.67. The molecule has 1 heterocycles. The van der Waals surface area contributed by atoms with Crippen molar-refractivity contribution >= 4 is 23.4 Å². The second kappa shape index (κ2) is 8.40. The van der Waals surface area contributed by atoms with Gasteiger partial charge >= 0.3 is 0 Å². The Morgan fingerprint density at radius 2 is 1.73 bits per heavy atom. The third kappa shape index (κ3) is 4.27. The van der Waals surface area contributed by atoms with E-state index < -0.39 is 0 Å². The van der Waals surface area contributed by atoms with Crippen LogP contribution in [-0.4, -0.2) is 10.7 Å². The number of benzene rings is 2. The van der Waals surface area contributed by atoms with E-state index in [1.807, 2.05) is 60.7 Å². The number of halogens is 1. The summed E-state index contributed by atoms with van der Waals surface area (Å²) >= 11 is 7.68. The third-order valence-electron chi connectivity index (χ3n) is 3.88. The summed E-state index contributed by atoms with van der Waals surface area (Å²) in [5.74, 6) is 1.44. The van der Waals surface area contributed by atoms with Gasteiger partial charge in [0.05, 0.1) is 11.3 Å². The number of thioether (sulfide) groups is 1. The smallest absolute Gasteiger partial charge is 0.115 e. The quantitative estimate of drug-likeness (QED) is 0.464. The van der Waals surface area contributed by atoms with E-state index in [9.17, 15) is 5.26 Å². The Morgan fingerprint density at radius 1 is 1.04 bits per heavy atom. The lowest BCUT2D eigenvalue weighted by molar-refractivity contribution is 0.749. The van der Waals surface area contributed by atoms with Crippen molar-refractivity contribution in [3.05, 3.63) is 71.2 Å². The van der Waals surface area contributed by atoms with Gasteiger partial charge < -0.3 is 0 Å². The normalized spacial score (nSPS) is 10.7. The highest BCUT2D eigenvalue weighted by atomic mass is 35.5. The van der Waals surface area contributed by atoms with Crippen LogP contribution in [-0.2, 0) is 0 Å². The average Bonchev–Trinajstić information content (AvgIpc) is 2.67. The molecular weight excluding hydrogens is 360 g/mol. The van der Waals surface area contributed by atoms with Crippen molar-refractivity contribution in [2.75, 3.05) is 5.75 Å². The molecule has 4 heteroatoms. The lowest BCUT2D eigenvalue weighted by atomic mass is 9.99. The van der Waals surface area contributed by atoms with E-state index in [0.29, 0.717) is 16.5 Å². The minimum atomic E-state index is 0.521. The topological polar surface area (TPSA) is 36.7 Å². The second-order valence-corrected chi connectivity index (χ2v) is 7.87. The summed E-state index contributed by atoms with van der Waals surface area (Å²) in [6, 6.07) is 22.0. The fourth-order valence-electron chi connectivity index (χ4n) is 2.59. The van der Waals surface area contributed by atoms with Crippen molar-refractivity contribution in [3.63, 3.8) is 0 Å². The zero-order valence-electron chi connectivity index (χ0n) is 14.7. The van der Waals surface area contributed by atoms with Gasteiger partial charge in [-0.15, -0.1) is 11.8 Å². The number of nitrogens with zero attached hydrogens (tertiary/aromatic N) is 2.